The van der Waals surface area contributed by atoms with E-state index < -0.39 is 9.84 Å². The van der Waals surface area contributed by atoms with Crippen molar-refractivity contribution >= 4 is 9.84 Å². The monoisotopic (exact) mass is 272 g/mol. The fraction of sp³-hybridized carbons (Fsp3) is 0.636. The summed E-state index contributed by atoms with van der Waals surface area (Å²) in [5.74, 6) is 5.82. The first-order chi connectivity index (χ1) is 8.48. The van der Waals surface area contributed by atoms with Gasteiger partial charge in [-0.15, -0.1) is 0 Å². The Hall–Kier alpha value is -1.05. The number of nitrogens with one attached hydrogen (secondary N) is 1. The van der Waals surface area contributed by atoms with Crippen LogP contribution in [0.1, 0.15) is 37.2 Å². The van der Waals surface area contributed by atoms with Gasteiger partial charge in [-0.25, -0.2) is 8.42 Å². The number of hydrogen-bond donors (Lipinski definition) is 2. The highest BCUT2D eigenvalue weighted by Gasteiger charge is 2.14. The molecule has 3 N–H and O–H groups in total. The average Bonchev–Trinajstić information content (AvgIpc) is 2.36. The smallest absolute Gasteiger partial charge is 0.150 e. The number of aryl methyl sites for hydroxylation is 1. The molecular formula is C11H20N4O2S. The van der Waals surface area contributed by atoms with Crippen LogP contribution in [0.15, 0.2) is 12.4 Å². The van der Waals surface area contributed by atoms with Crippen molar-refractivity contribution in [1.82, 2.24) is 15.4 Å². The van der Waals surface area contributed by atoms with Crippen LogP contribution in [0.3, 0.4) is 0 Å². The van der Waals surface area contributed by atoms with Crippen LogP contribution in [-0.2, 0) is 9.84 Å². The molecule has 0 amide bonds. The van der Waals surface area contributed by atoms with Crippen molar-refractivity contribution in [3.63, 3.8) is 0 Å². The molecule has 18 heavy (non-hydrogen) atoms. The lowest BCUT2D eigenvalue weighted by Gasteiger charge is -2.14. The van der Waals surface area contributed by atoms with E-state index in [1.807, 2.05) is 6.92 Å². The van der Waals surface area contributed by atoms with E-state index in [4.69, 9.17) is 5.84 Å². The second kappa shape index (κ2) is 6.77. The summed E-state index contributed by atoms with van der Waals surface area (Å²) in [5.41, 5.74) is 4.21. The van der Waals surface area contributed by atoms with Gasteiger partial charge in [0.2, 0.25) is 0 Å². The van der Waals surface area contributed by atoms with Gasteiger partial charge in [-0.1, -0.05) is 6.92 Å². The Kier molecular flexibility index (Phi) is 5.64. The Balaban J connectivity index is 2.55. The summed E-state index contributed by atoms with van der Waals surface area (Å²) in [4.78, 5) is 8.37. The lowest BCUT2D eigenvalue weighted by molar-refractivity contribution is 0.494. The molecule has 1 rings (SSSR count). The number of nitrogens with zero attached hydrogens (tertiary/aromatic N) is 2. The second-order valence-corrected chi connectivity index (χ2v) is 6.65. The van der Waals surface area contributed by atoms with Crippen molar-refractivity contribution in [2.45, 2.75) is 32.7 Å². The fourth-order valence-electron chi connectivity index (χ4n) is 1.55. The van der Waals surface area contributed by atoms with Crippen LogP contribution in [0.2, 0.25) is 0 Å². The normalized spacial score (nSPS) is 13.5. The first-order valence-corrected chi connectivity index (χ1v) is 7.75. The molecule has 0 aromatic carbocycles. The van der Waals surface area contributed by atoms with Crippen molar-refractivity contribution in [3.05, 3.63) is 23.8 Å². The van der Waals surface area contributed by atoms with Gasteiger partial charge in [-0.2, -0.15) is 0 Å². The molecule has 1 unspecified atom stereocenters. The maximum absolute atomic E-state index is 11.4. The van der Waals surface area contributed by atoms with Gasteiger partial charge in [0.05, 0.1) is 29.4 Å². The molecule has 1 aromatic rings. The van der Waals surface area contributed by atoms with Crippen molar-refractivity contribution < 1.29 is 8.42 Å². The molecule has 0 aliphatic rings. The van der Waals surface area contributed by atoms with Crippen LogP contribution >= 0.6 is 0 Å². The van der Waals surface area contributed by atoms with E-state index in [0.29, 0.717) is 12.8 Å². The standard InChI is InChI=1S/C11H20N4O2S/c1-3-18(16,17)6-4-5-10(15-12)11-8-13-9(2)7-14-11/h7-8,10,15H,3-6,12H2,1-2H3. The predicted molar refractivity (Wildman–Crippen MR) is 70.4 cm³/mol. The van der Waals surface area contributed by atoms with E-state index in [-0.39, 0.29) is 17.5 Å². The molecule has 0 aliphatic heterocycles. The van der Waals surface area contributed by atoms with Crippen molar-refractivity contribution in [2.24, 2.45) is 5.84 Å². The van der Waals surface area contributed by atoms with Crippen LogP contribution in [0.25, 0.3) is 0 Å². The molecule has 1 atom stereocenters. The van der Waals surface area contributed by atoms with Crippen LogP contribution in [0.4, 0.5) is 0 Å². The summed E-state index contributed by atoms with van der Waals surface area (Å²) < 4.78 is 22.7. The van der Waals surface area contributed by atoms with Crippen LogP contribution in [0.5, 0.6) is 0 Å². The first kappa shape index (κ1) is 15.0. The number of hydrazine groups is 1. The molecule has 0 saturated heterocycles. The molecule has 7 heteroatoms. The summed E-state index contributed by atoms with van der Waals surface area (Å²) in [6.07, 6.45) is 4.50. The van der Waals surface area contributed by atoms with E-state index in [9.17, 15) is 8.42 Å². The Morgan fingerprint density at radius 1 is 1.39 bits per heavy atom. The number of aromatic nitrogens is 2. The van der Waals surface area contributed by atoms with Gasteiger partial charge in [0.1, 0.15) is 9.84 Å². The molecular weight excluding hydrogens is 252 g/mol. The summed E-state index contributed by atoms with van der Waals surface area (Å²) >= 11 is 0. The van der Waals surface area contributed by atoms with E-state index in [2.05, 4.69) is 15.4 Å². The number of rotatable bonds is 7. The summed E-state index contributed by atoms with van der Waals surface area (Å²) in [5, 5.41) is 0. The zero-order chi connectivity index (χ0) is 13.6. The molecule has 6 nitrogen and oxygen atoms in total. The van der Waals surface area contributed by atoms with E-state index in [0.717, 1.165) is 11.4 Å². The number of sulfone groups is 1. The van der Waals surface area contributed by atoms with Crippen LogP contribution < -0.4 is 11.3 Å². The maximum atomic E-state index is 11.4. The zero-order valence-electron chi connectivity index (χ0n) is 10.8. The Labute approximate surface area is 108 Å². The summed E-state index contributed by atoms with van der Waals surface area (Å²) in [6, 6.07) is -0.162. The highest BCUT2D eigenvalue weighted by molar-refractivity contribution is 7.91. The molecule has 0 radical (unpaired) electrons. The Morgan fingerprint density at radius 3 is 2.61 bits per heavy atom. The van der Waals surface area contributed by atoms with Crippen molar-refractivity contribution in [1.29, 1.82) is 0 Å². The van der Waals surface area contributed by atoms with Crippen molar-refractivity contribution in [2.75, 3.05) is 11.5 Å². The summed E-state index contributed by atoms with van der Waals surface area (Å²) in [7, 11) is -2.92. The van der Waals surface area contributed by atoms with Crippen LogP contribution in [0, 0.1) is 6.92 Å². The van der Waals surface area contributed by atoms with Gasteiger partial charge in [-0.3, -0.25) is 21.2 Å². The average molecular weight is 272 g/mol. The van der Waals surface area contributed by atoms with Gasteiger partial charge in [-0.05, 0) is 19.8 Å². The third kappa shape index (κ3) is 4.67. The third-order valence-corrected chi connectivity index (χ3v) is 4.54. The fourth-order valence-corrected chi connectivity index (χ4v) is 2.45. The molecule has 0 spiro atoms. The molecule has 0 bridgehead atoms. The molecule has 0 saturated carbocycles. The third-order valence-electron chi connectivity index (χ3n) is 2.75. The van der Waals surface area contributed by atoms with Gasteiger partial charge >= 0.3 is 0 Å². The van der Waals surface area contributed by atoms with Gasteiger partial charge < -0.3 is 0 Å². The van der Waals surface area contributed by atoms with Gasteiger partial charge in [0.15, 0.2) is 0 Å². The van der Waals surface area contributed by atoms with Gasteiger partial charge in [0.25, 0.3) is 0 Å². The minimum atomic E-state index is -2.92. The molecule has 0 fully saturated rings. The minimum absolute atomic E-state index is 0.162. The Morgan fingerprint density at radius 2 is 2.11 bits per heavy atom. The molecule has 102 valence electrons. The SMILES string of the molecule is CCS(=O)(=O)CCCC(NN)c1cnc(C)cn1. The number of hydrogen-bond acceptors (Lipinski definition) is 6. The highest BCUT2D eigenvalue weighted by Crippen LogP contribution is 2.15. The molecule has 1 heterocycles. The first-order valence-electron chi connectivity index (χ1n) is 5.93. The van der Waals surface area contributed by atoms with Gasteiger partial charge in [0, 0.05) is 11.9 Å². The van der Waals surface area contributed by atoms with E-state index in [1.165, 1.54) is 0 Å². The van der Waals surface area contributed by atoms with Crippen LogP contribution in [-0.4, -0.2) is 29.9 Å². The zero-order valence-corrected chi connectivity index (χ0v) is 11.6. The second-order valence-electron chi connectivity index (χ2n) is 4.18. The van der Waals surface area contributed by atoms with Crippen molar-refractivity contribution in [3.8, 4) is 0 Å². The lowest BCUT2D eigenvalue weighted by atomic mass is 10.1. The topological polar surface area (TPSA) is 98.0 Å². The largest absolute Gasteiger partial charge is 0.271 e. The molecule has 0 aliphatic carbocycles. The summed E-state index contributed by atoms with van der Waals surface area (Å²) in [6.45, 7) is 3.51. The quantitative estimate of drug-likeness (QED) is 0.554. The predicted octanol–water partition coefficient (Wildman–Crippen LogP) is 0.504. The number of nitrogens with two attached hydrogens (primary N) is 1. The highest BCUT2D eigenvalue weighted by atomic mass is 32.2. The van der Waals surface area contributed by atoms with E-state index in [1.54, 1.807) is 19.3 Å². The molecule has 1 aromatic heterocycles. The Bertz CT molecular complexity index is 458. The minimum Gasteiger partial charge on any atom is -0.271 e. The maximum Gasteiger partial charge on any atom is 0.150 e. The lowest BCUT2D eigenvalue weighted by Crippen LogP contribution is -2.29. The van der Waals surface area contributed by atoms with E-state index >= 15 is 0 Å².